The second-order valence-corrected chi connectivity index (χ2v) is 11.0. The molecule has 1 amide bonds. The molecule has 33 heavy (non-hydrogen) atoms. The van der Waals surface area contributed by atoms with Crippen molar-refractivity contribution in [1.29, 1.82) is 0 Å². The Bertz CT molecular complexity index is 1100. The van der Waals surface area contributed by atoms with Crippen LogP contribution in [0.3, 0.4) is 0 Å². The molecule has 6 rings (SSSR count). The van der Waals surface area contributed by atoms with E-state index in [1.165, 1.54) is 43.6 Å². The van der Waals surface area contributed by atoms with E-state index in [1.807, 2.05) is 30.3 Å². The van der Waals surface area contributed by atoms with Crippen molar-refractivity contribution < 1.29 is 4.79 Å². The molecule has 3 atom stereocenters. The van der Waals surface area contributed by atoms with Crippen LogP contribution in [0.4, 0.5) is 11.4 Å². The van der Waals surface area contributed by atoms with Crippen molar-refractivity contribution in [2.75, 3.05) is 29.5 Å². The van der Waals surface area contributed by atoms with Gasteiger partial charge < -0.3 is 9.80 Å². The molecule has 0 aliphatic carbocycles. The summed E-state index contributed by atoms with van der Waals surface area (Å²) < 4.78 is 1.07. The third-order valence-corrected chi connectivity index (χ3v) is 8.83. The van der Waals surface area contributed by atoms with Crippen LogP contribution in [0.2, 0.25) is 0 Å². The molecule has 6 heteroatoms. The van der Waals surface area contributed by atoms with E-state index in [0.29, 0.717) is 12.5 Å². The zero-order valence-corrected chi connectivity index (χ0v) is 20.8. The highest BCUT2D eigenvalue weighted by Gasteiger charge is 2.60. The molecule has 4 aliphatic heterocycles. The van der Waals surface area contributed by atoms with Gasteiger partial charge in [0.1, 0.15) is 5.41 Å². The Kier molecular flexibility index (Phi) is 5.33. The number of benzene rings is 2. The molecule has 0 saturated carbocycles. The van der Waals surface area contributed by atoms with Crippen LogP contribution >= 0.6 is 15.9 Å². The van der Waals surface area contributed by atoms with E-state index in [4.69, 9.17) is 5.10 Å². The summed E-state index contributed by atoms with van der Waals surface area (Å²) in [5.41, 5.74) is 3.74. The largest absolute Gasteiger partial charge is 0.367 e. The molecule has 1 spiro atoms. The second kappa shape index (κ2) is 8.24. The molecule has 2 aromatic rings. The number of nitrogens with zero attached hydrogens (tertiary/aromatic N) is 4. The summed E-state index contributed by atoms with van der Waals surface area (Å²) >= 11 is 3.67. The lowest BCUT2D eigenvalue weighted by Crippen LogP contribution is -2.64. The first-order valence-corrected chi connectivity index (χ1v) is 13.1. The molecule has 4 aliphatic rings. The van der Waals surface area contributed by atoms with Gasteiger partial charge in [0.25, 0.3) is 5.91 Å². The average molecular weight is 507 g/mol. The molecule has 4 heterocycles. The van der Waals surface area contributed by atoms with Gasteiger partial charge in [0.05, 0.1) is 17.4 Å². The van der Waals surface area contributed by atoms with Crippen molar-refractivity contribution in [3.63, 3.8) is 0 Å². The number of rotatable bonds is 2. The minimum Gasteiger partial charge on any atom is -0.367 e. The lowest BCUT2D eigenvalue weighted by atomic mass is 9.65. The Balaban J connectivity index is 1.43. The van der Waals surface area contributed by atoms with Crippen LogP contribution in [0.1, 0.15) is 44.6 Å². The zero-order chi connectivity index (χ0) is 22.6. The van der Waals surface area contributed by atoms with E-state index < -0.39 is 5.41 Å². The Morgan fingerprint density at radius 2 is 1.82 bits per heavy atom. The van der Waals surface area contributed by atoms with E-state index in [9.17, 15) is 4.79 Å². The maximum Gasteiger partial charge on any atom is 0.261 e. The number of likely N-dealkylation sites (tertiary alicyclic amines) is 1. The predicted octanol–water partition coefficient (Wildman–Crippen LogP) is 5.24. The Hall–Kier alpha value is -2.18. The van der Waals surface area contributed by atoms with Crippen molar-refractivity contribution in [2.24, 2.45) is 10.5 Å². The number of hydrogen-bond acceptors (Lipinski definition) is 4. The van der Waals surface area contributed by atoms with Gasteiger partial charge in [-0.1, -0.05) is 40.5 Å². The van der Waals surface area contributed by atoms with E-state index in [2.05, 4.69) is 50.9 Å². The first kappa shape index (κ1) is 21.4. The number of hydrogen-bond donors (Lipinski definition) is 0. The fourth-order valence-corrected chi connectivity index (χ4v) is 7.08. The quantitative estimate of drug-likeness (QED) is 0.559. The molecular formula is C27H31BrN4O. The lowest BCUT2D eigenvalue weighted by molar-refractivity contribution is -0.125. The summed E-state index contributed by atoms with van der Waals surface area (Å²) in [5, 5.41) is 6.56. The van der Waals surface area contributed by atoms with Crippen LogP contribution < -0.4 is 9.91 Å². The number of carbonyl (C=O) groups excluding carboxylic acids is 1. The van der Waals surface area contributed by atoms with Crippen molar-refractivity contribution >= 4 is 38.9 Å². The first-order chi connectivity index (χ1) is 16.1. The summed E-state index contributed by atoms with van der Waals surface area (Å²) in [6.45, 7) is 5.47. The number of para-hydroxylation sites is 1. The van der Waals surface area contributed by atoms with Crippen molar-refractivity contribution in [1.82, 2.24) is 4.90 Å². The maximum atomic E-state index is 14.3. The number of fused-ring (bicyclic) bond motifs is 4. The highest BCUT2D eigenvalue weighted by atomic mass is 79.9. The fraction of sp³-hybridized carbons (Fsp3) is 0.481. The van der Waals surface area contributed by atoms with E-state index >= 15 is 0 Å². The van der Waals surface area contributed by atoms with Gasteiger partial charge in [-0.25, -0.2) is 0 Å². The summed E-state index contributed by atoms with van der Waals surface area (Å²) in [6.07, 6.45) is 6.85. The monoisotopic (exact) mass is 506 g/mol. The number of anilines is 2. The third kappa shape index (κ3) is 3.36. The molecule has 0 bridgehead atoms. The summed E-state index contributed by atoms with van der Waals surface area (Å²) in [5.74, 6) is 0.131. The molecule has 2 fully saturated rings. The molecule has 0 N–H and O–H groups in total. The smallest absolute Gasteiger partial charge is 0.261 e. The third-order valence-electron chi connectivity index (χ3n) is 8.34. The van der Waals surface area contributed by atoms with Gasteiger partial charge in [-0.05, 0) is 88.0 Å². The van der Waals surface area contributed by atoms with Gasteiger partial charge in [-0.15, -0.1) is 0 Å². The second-order valence-electron chi connectivity index (χ2n) is 10.0. The average Bonchev–Trinajstić information content (AvgIpc) is 3.10. The minimum atomic E-state index is -0.613. The number of carbonyl (C=O) groups is 1. The summed E-state index contributed by atoms with van der Waals surface area (Å²) in [7, 11) is 0. The van der Waals surface area contributed by atoms with Gasteiger partial charge in [0.15, 0.2) is 0 Å². The van der Waals surface area contributed by atoms with E-state index in [0.717, 1.165) is 35.3 Å². The van der Waals surface area contributed by atoms with Gasteiger partial charge >= 0.3 is 0 Å². The Labute approximate surface area is 204 Å². The molecule has 5 nitrogen and oxygen atoms in total. The minimum absolute atomic E-state index is 0.131. The van der Waals surface area contributed by atoms with Crippen LogP contribution in [0, 0.1) is 5.41 Å². The molecule has 0 aromatic heterocycles. The van der Waals surface area contributed by atoms with Crippen LogP contribution in [0.5, 0.6) is 0 Å². The number of hydrazone groups is 1. The topological polar surface area (TPSA) is 39.2 Å². The standard InChI is InChI=1S/C27H31BrN4O/c1-19-27(26(33)32(29-19)22-8-4-2-5-9-22)18-20-16-21(28)10-11-24(20)31-15-12-23(17-25(27)31)30-13-6-3-7-14-30/h2,4-5,8-11,16,23,25H,3,6-7,12-15,17-18H2,1H3/t23-,25+,27-/m1/s1. The van der Waals surface area contributed by atoms with Crippen molar-refractivity contribution in [2.45, 2.75) is 57.5 Å². The van der Waals surface area contributed by atoms with Gasteiger partial charge in [-0.3, -0.25) is 4.79 Å². The molecule has 172 valence electrons. The lowest BCUT2D eigenvalue weighted by Gasteiger charge is -2.54. The zero-order valence-electron chi connectivity index (χ0n) is 19.2. The fourth-order valence-electron chi connectivity index (χ4n) is 6.67. The summed E-state index contributed by atoms with van der Waals surface area (Å²) in [6, 6.07) is 17.2. The van der Waals surface area contributed by atoms with E-state index in [1.54, 1.807) is 5.01 Å². The van der Waals surface area contributed by atoms with Crippen molar-refractivity contribution in [3.05, 3.63) is 58.6 Å². The van der Waals surface area contributed by atoms with Gasteiger partial charge in [0.2, 0.25) is 0 Å². The predicted molar refractivity (Wildman–Crippen MR) is 137 cm³/mol. The van der Waals surface area contributed by atoms with Gasteiger partial charge in [-0.2, -0.15) is 10.1 Å². The van der Waals surface area contributed by atoms with Crippen molar-refractivity contribution in [3.8, 4) is 0 Å². The van der Waals surface area contributed by atoms with Crippen LogP contribution in [-0.2, 0) is 11.2 Å². The van der Waals surface area contributed by atoms with Gasteiger partial charge in [0, 0.05) is 22.7 Å². The highest BCUT2D eigenvalue weighted by Crippen LogP contribution is 2.50. The van der Waals surface area contributed by atoms with Crippen LogP contribution in [-0.4, -0.2) is 48.2 Å². The maximum absolute atomic E-state index is 14.3. The number of piperidine rings is 2. The molecule has 0 radical (unpaired) electrons. The molecular weight excluding hydrogens is 476 g/mol. The number of halogens is 1. The molecule has 2 aromatic carbocycles. The molecule has 2 saturated heterocycles. The highest BCUT2D eigenvalue weighted by molar-refractivity contribution is 9.10. The van der Waals surface area contributed by atoms with Crippen LogP contribution in [0.15, 0.2) is 58.1 Å². The Morgan fingerprint density at radius 1 is 1.03 bits per heavy atom. The SMILES string of the molecule is CC1=NN(c2ccccc2)C(=O)[C@]12Cc1cc(Br)ccc1N1CC[C@@H](N3CCCCC3)C[C@H]12. The summed E-state index contributed by atoms with van der Waals surface area (Å²) in [4.78, 5) is 19.5. The number of amides is 1. The first-order valence-electron chi connectivity index (χ1n) is 12.3. The molecule has 0 unspecified atom stereocenters. The van der Waals surface area contributed by atoms with E-state index in [-0.39, 0.29) is 11.9 Å². The Morgan fingerprint density at radius 3 is 2.61 bits per heavy atom. The van der Waals surface area contributed by atoms with Crippen LogP contribution in [0.25, 0.3) is 0 Å². The normalized spacial score (nSPS) is 29.8.